The lowest BCUT2D eigenvalue weighted by atomic mass is 9.87. The summed E-state index contributed by atoms with van der Waals surface area (Å²) < 4.78 is 21.4. The van der Waals surface area contributed by atoms with Crippen LogP contribution in [-0.4, -0.2) is 55.0 Å². The molecule has 1 aromatic heterocycles. The van der Waals surface area contributed by atoms with Crippen LogP contribution in [0.15, 0.2) is 60.8 Å². The predicted octanol–water partition coefficient (Wildman–Crippen LogP) is 7.10. The van der Waals surface area contributed by atoms with E-state index in [2.05, 4.69) is 57.9 Å². The largest absolute Gasteiger partial charge is 0.496 e. The highest BCUT2D eigenvalue weighted by Gasteiger charge is 2.33. The van der Waals surface area contributed by atoms with Crippen LogP contribution in [-0.2, 0) is 11.3 Å². The van der Waals surface area contributed by atoms with Gasteiger partial charge in [-0.3, -0.25) is 14.4 Å². The summed E-state index contributed by atoms with van der Waals surface area (Å²) in [6, 6.07) is 14.6. The SMILES string of the molecule is COc1cc(C)c2[nH]ccc2c1CN1CCC2C[C@H]1c1ccc(C(=O)NSC)c3ccc(cc13)OCCC/C=C/CO2. The standard InChI is InChI=1S/C34H39N3O4S/c1-22-18-32(39-2)30(27-12-14-35-33(22)27)21-37-15-13-24-20-31(37)26-10-11-28(34(38)36-42-3)25-9-8-23(19-29(25)26)40-16-6-4-5-7-17-41-24/h5,7-12,14,18-19,24,31,35H,4,6,13,15-17,20-21H2,1-3H3,(H,36,38)/b7-5+/t24?,31-/m0/s1. The number of hydrogen-bond donors (Lipinski definition) is 2. The Hall–Kier alpha value is -3.46. The molecule has 1 fully saturated rings. The van der Waals surface area contributed by atoms with Crippen LogP contribution in [0, 0.1) is 6.92 Å². The number of piperidine rings is 1. The first-order valence-corrected chi connectivity index (χ1v) is 16.0. The van der Waals surface area contributed by atoms with Crippen molar-refractivity contribution in [2.75, 3.05) is 33.1 Å². The molecule has 2 aliphatic rings. The summed E-state index contributed by atoms with van der Waals surface area (Å²) in [5.41, 5.74) is 5.35. The van der Waals surface area contributed by atoms with Crippen molar-refractivity contribution in [3.8, 4) is 11.5 Å². The molecule has 7 nitrogen and oxygen atoms in total. The molecule has 0 saturated carbocycles. The highest BCUT2D eigenvalue weighted by molar-refractivity contribution is 7.97. The second-order valence-electron chi connectivity index (χ2n) is 11.1. The Labute approximate surface area is 251 Å². The summed E-state index contributed by atoms with van der Waals surface area (Å²) in [4.78, 5) is 19.0. The monoisotopic (exact) mass is 585 g/mol. The quantitative estimate of drug-likeness (QED) is 0.192. The van der Waals surface area contributed by atoms with Crippen molar-refractivity contribution < 1.29 is 19.0 Å². The number of fused-ring (bicyclic) bond motifs is 5. The van der Waals surface area contributed by atoms with E-state index >= 15 is 0 Å². The smallest absolute Gasteiger partial charge is 0.261 e. The number of nitrogens with zero attached hydrogens (tertiary/aromatic N) is 1. The number of aromatic amines is 1. The van der Waals surface area contributed by atoms with Gasteiger partial charge in [0.2, 0.25) is 0 Å². The third-order valence-corrected chi connectivity index (χ3v) is 8.95. The molecule has 4 aromatic rings. The van der Waals surface area contributed by atoms with Crippen molar-refractivity contribution in [3.05, 3.63) is 83.1 Å². The fourth-order valence-corrected chi connectivity index (χ4v) is 6.77. The highest BCUT2D eigenvalue weighted by Crippen LogP contribution is 2.41. The fourth-order valence-electron chi connectivity index (χ4n) is 6.47. The lowest BCUT2D eigenvalue weighted by Crippen LogP contribution is -2.39. The average molecular weight is 586 g/mol. The van der Waals surface area contributed by atoms with Crippen LogP contribution in [0.2, 0.25) is 0 Å². The minimum atomic E-state index is -0.0920. The number of rotatable bonds is 5. The van der Waals surface area contributed by atoms with Crippen LogP contribution in [0.1, 0.15) is 58.8 Å². The molecule has 2 N–H and O–H groups in total. The second-order valence-corrected chi connectivity index (χ2v) is 11.7. The van der Waals surface area contributed by atoms with E-state index in [0.717, 1.165) is 66.6 Å². The number of nitrogens with one attached hydrogen (secondary N) is 2. The van der Waals surface area contributed by atoms with Crippen molar-refractivity contribution in [2.45, 2.75) is 51.3 Å². The second kappa shape index (κ2) is 12.8. The van der Waals surface area contributed by atoms with Gasteiger partial charge in [-0.2, -0.15) is 0 Å². The fraction of sp³-hybridized carbons (Fsp3) is 0.382. The third kappa shape index (κ3) is 5.76. The van der Waals surface area contributed by atoms with Gasteiger partial charge in [0.25, 0.3) is 5.91 Å². The van der Waals surface area contributed by atoms with Crippen LogP contribution in [0.5, 0.6) is 11.5 Å². The molecular weight excluding hydrogens is 546 g/mol. The topological polar surface area (TPSA) is 75.8 Å². The summed E-state index contributed by atoms with van der Waals surface area (Å²) in [5.74, 6) is 1.64. The Morgan fingerprint density at radius 2 is 2.05 bits per heavy atom. The lowest BCUT2D eigenvalue weighted by molar-refractivity contribution is -0.00745. The van der Waals surface area contributed by atoms with E-state index in [0.29, 0.717) is 18.8 Å². The van der Waals surface area contributed by atoms with Crippen molar-refractivity contribution in [1.29, 1.82) is 0 Å². The third-order valence-electron chi connectivity index (χ3n) is 8.56. The van der Waals surface area contributed by atoms with E-state index in [-0.39, 0.29) is 18.1 Å². The van der Waals surface area contributed by atoms with Crippen LogP contribution in [0.4, 0.5) is 0 Å². The van der Waals surface area contributed by atoms with Gasteiger partial charge in [-0.1, -0.05) is 30.2 Å². The van der Waals surface area contributed by atoms with Crippen LogP contribution in [0.25, 0.3) is 21.7 Å². The molecule has 2 atom stereocenters. The van der Waals surface area contributed by atoms with E-state index < -0.39 is 0 Å². The number of amides is 1. The van der Waals surface area contributed by atoms with E-state index in [9.17, 15) is 4.79 Å². The Morgan fingerprint density at radius 3 is 2.90 bits per heavy atom. The van der Waals surface area contributed by atoms with Gasteiger partial charge in [0.1, 0.15) is 11.5 Å². The van der Waals surface area contributed by atoms with Crippen molar-refractivity contribution in [3.63, 3.8) is 0 Å². The molecule has 220 valence electrons. The molecule has 1 amide bonds. The van der Waals surface area contributed by atoms with Crippen LogP contribution in [0.3, 0.4) is 0 Å². The van der Waals surface area contributed by atoms with Gasteiger partial charge in [-0.05, 0) is 90.9 Å². The predicted molar refractivity (Wildman–Crippen MR) is 171 cm³/mol. The van der Waals surface area contributed by atoms with Gasteiger partial charge < -0.3 is 19.2 Å². The van der Waals surface area contributed by atoms with E-state index in [4.69, 9.17) is 14.2 Å². The number of methoxy groups -OCH3 is 1. The summed E-state index contributed by atoms with van der Waals surface area (Å²) in [5, 5.41) is 3.17. The van der Waals surface area contributed by atoms with Gasteiger partial charge in [-0.25, -0.2) is 0 Å². The highest BCUT2D eigenvalue weighted by atomic mass is 32.2. The molecule has 4 bridgehead atoms. The minimum Gasteiger partial charge on any atom is -0.496 e. The molecule has 2 aliphatic heterocycles. The zero-order chi connectivity index (χ0) is 29.1. The normalized spacial score (nSPS) is 20.5. The molecule has 3 aromatic carbocycles. The molecule has 0 spiro atoms. The number of ether oxygens (including phenoxy) is 3. The number of carbonyl (C=O) groups is 1. The Morgan fingerprint density at radius 1 is 1.14 bits per heavy atom. The molecule has 6 rings (SSSR count). The zero-order valence-corrected chi connectivity index (χ0v) is 25.4. The molecule has 1 saturated heterocycles. The number of hydrogen-bond acceptors (Lipinski definition) is 6. The molecule has 42 heavy (non-hydrogen) atoms. The Kier molecular flexibility index (Phi) is 8.74. The average Bonchev–Trinajstić information content (AvgIpc) is 3.50. The number of carbonyl (C=O) groups excluding carboxylic acids is 1. The van der Waals surface area contributed by atoms with Crippen molar-refractivity contribution in [2.24, 2.45) is 0 Å². The summed E-state index contributed by atoms with van der Waals surface area (Å²) in [6.07, 6.45) is 12.0. The molecule has 0 radical (unpaired) electrons. The molecule has 1 unspecified atom stereocenters. The number of likely N-dealkylation sites (tertiary alicyclic amines) is 1. The van der Waals surface area contributed by atoms with E-state index in [1.54, 1.807) is 7.11 Å². The minimum absolute atomic E-state index is 0.0771. The molecule has 3 heterocycles. The van der Waals surface area contributed by atoms with E-state index in [1.165, 1.54) is 34.0 Å². The Bertz CT molecular complexity index is 1610. The summed E-state index contributed by atoms with van der Waals surface area (Å²) in [6.45, 7) is 4.99. The van der Waals surface area contributed by atoms with Crippen LogP contribution >= 0.6 is 11.9 Å². The first-order chi connectivity index (χ1) is 20.6. The van der Waals surface area contributed by atoms with Crippen molar-refractivity contribution >= 4 is 39.5 Å². The van der Waals surface area contributed by atoms with E-state index in [1.807, 2.05) is 30.7 Å². The van der Waals surface area contributed by atoms with Crippen LogP contribution < -0.4 is 14.2 Å². The number of H-pyrrole nitrogens is 1. The first kappa shape index (κ1) is 28.6. The van der Waals surface area contributed by atoms with Gasteiger partial charge in [0, 0.05) is 53.6 Å². The first-order valence-electron chi connectivity index (χ1n) is 14.7. The van der Waals surface area contributed by atoms with Gasteiger partial charge in [0.05, 0.1) is 26.4 Å². The van der Waals surface area contributed by atoms with Gasteiger partial charge in [-0.15, -0.1) is 0 Å². The Balaban J connectivity index is 1.47. The maximum absolute atomic E-state index is 13.1. The lowest BCUT2D eigenvalue weighted by Gasteiger charge is -2.40. The molecular formula is C34H39N3O4S. The van der Waals surface area contributed by atoms with Gasteiger partial charge >= 0.3 is 0 Å². The molecule has 0 aliphatic carbocycles. The van der Waals surface area contributed by atoms with Gasteiger partial charge in [0.15, 0.2) is 0 Å². The molecule has 8 heteroatoms. The zero-order valence-electron chi connectivity index (χ0n) is 24.6. The maximum Gasteiger partial charge on any atom is 0.261 e. The number of benzene rings is 3. The van der Waals surface area contributed by atoms with Crippen molar-refractivity contribution in [1.82, 2.24) is 14.6 Å². The number of aromatic nitrogens is 1. The summed E-state index contributed by atoms with van der Waals surface area (Å²) >= 11 is 1.31. The summed E-state index contributed by atoms with van der Waals surface area (Å²) in [7, 11) is 1.75. The number of allylic oxidation sites excluding steroid dienone is 1. The maximum atomic E-state index is 13.1. The number of aryl methyl sites for hydroxylation is 1.